The lowest BCUT2D eigenvalue weighted by atomic mass is 9.88. The second-order valence-electron chi connectivity index (χ2n) is 13.0. The second-order valence-corrected chi connectivity index (χ2v) is 13.0. The maximum Gasteiger partial charge on any atom is 0.258 e. The Morgan fingerprint density at radius 3 is 2.50 bits per heavy atom. The Bertz CT molecular complexity index is 1190. The fraction of sp³-hybridized carbons (Fsp3) is 0.611. The molecule has 0 aromatic heterocycles. The van der Waals surface area contributed by atoms with Gasteiger partial charge in [-0.15, -0.1) is 0 Å². The summed E-state index contributed by atoms with van der Waals surface area (Å²) in [7, 11) is 2.10. The molecule has 2 aromatic carbocycles. The molecule has 4 rings (SSSR count). The molecule has 2 amide bonds. The van der Waals surface area contributed by atoms with Gasteiger partial charge < -0.3 is 24.8 Å². The minimum Gasteiger partial charge on any atom is -0.490 e. The smallest absolute Gasteiger partial charge is 0.258 e. The summed E-state index contributed by atoms with van der Waals surface area (Å²) < 4.78 is 12.8. The number of nitrogens with one attached hydrogen (secondary N) is 1. The first kappa shape index (κ1) is 33.9. The van der Waals surface area contributed by atoms with E-state index in [0.717, 1.165) is 58.0 Å². The summed E-state index contributed by atoms with van der Waals surface area (Å²) >= 11 is 0. The molecule has 0 bridgehead atoms. The minimum atomic E-state index is -0.411. The zero-order valence-corrected chi connectivity index (χ0v) is 27.2. The lowest BCUT2D eigenvalue weighted by Crippen LogP contribution is -2.47. The van der Waals surface area contributed by atoms with Crippen LogP contribution >= 0.6 is 0 Å². The molecule has 0 unspecified atom stereocenters. The fourth-order valence-corrected chi connectivity index (χ4v) is 6.34. The number of carbonyl (C=O) groups excluding carboxylic acids is 2. The highest BCUT2D eigenvalue weighted by Crippen LogP contribution is 2.30. The number of fused-ring (bicyclic) bond motifs is 1. The van der Waals surface area contributed by atoms with Gasteiger partial charge in [0.1, 0.15) is 5.75 Å². The average molecular weight is 608 g/mol. The number of aliphatic hydroxyl groups excluding tert-OH is 1. The van der Waals surface area contributed by atoms with Gasteiger partial charge in [-0.2, -0.15) is 0 Å². The Hall–Kier alpha value is -2.94. The number of rotatable bonds is 8. The van der Waals surface area contributed by atoms with Crippen molar-refractivity contribution in [3.63, 3.8) is 0 Å². The standard InChI is InChI=1S/C36H53N3O5/c1-26-22-39(27(2)25-40)36(42)32-21-31(37-35(41)30-16-9-6-10-17-30)18-19-33(32)44-28(3)13-11-12-20-43-34(26)24-38(4)23-29-14-7-5-8-15-29/h5,7-8,14-15,18-19,21,26-28,30,34,40H,6,9-13,16-17,20,22-25H2,1-4H3,(H,37,41)/t26-,27+,28+,34-/m0/s1. The summed E-state index contributed by atoms with van der Waals surface area (Å²) in [6.45, 7) is 8.43. The van der Waals surface area contributed by atoms with Gasteiger partial charge in [-0.3, -0.25) is 14.5 Å². The van der Waals surface area contributed by atoms with Gasteiger partial charge in [0.05, 0.1) is 30.4 Å². The lowest BCUT2D eigenvalue weighted by molar-refractivity contribution is -0.120. The molecule has 1 aliphatic heterocycles. The van der Waals surface area contributed by atoms with Crippen LogP contribution in [0.2, 0.25) is 0 Å². The fourth-order valence-electron chi connectivity index (χ4n) is 6.34. The van der Waals surface area contributed by atoms with Crippen molar-refractivity contribution in [2.24, 2.45) is 11.8 Å². The van der Waals surface area contributed by atoms with E-state index >= 15 is 0 Å². The van der Waals surface area contributed by atoms with E-state index in [4.69, 9.17) is 9.47 Å². The normalized spacial score (nSPS) is 23.4. The van der Waals surface area contributed by atoms with Crippen LogP contribution in [0.25, 0.3) is 0 Å². The molecule has 1 fully saturated rings. The monoisotopic (exact) mass is 607 g/mol. The van der Waals surface area contributed by atoms with Gasteiger partial charge in [0.25, 0.3) is 5.91 Å². The molecule has 1 aliphatic carbocycles. The van der Waals surface area contributed by atoms with Gasteiger partial charge >= 0.3 is 0 Å². The minimum absolute atomic E-state index is 0.00610. The number of aliphatic hydroxyl groups is 1. The number of likely N-dealkylation sites (N-methyl/N-ethyl adjacent to an activating group) is 1. The van der Waals surface area contributed by atoms with Crippen LogP contribution in [0, 0.1) is 11.8 Å². The topological polar surface area (TPSA) is 91.3 Å². The van der Waals surface area contributed by atoms with Crippen molar-refractivity contribution in [3.05, 3.63) is 59.7 Å². The largest absolute Gasteiger partial charge is 0.490 e. The molecule has 2 N–H and O–H groups in total. The molecule has 8 nitrogen and oxygen atoms in total. The van der Waals surface area contributed by atoms with Crippen LogP contribution in [-0.4, -0.2) is 78.3 Å². The summed E-state index contributed by atoms with van der Waals surface area (Å²) in [5.41, 5.74) is 2.24. The Labute approximate surface area is 264 Å². The van der Waals surface area contributed by atoms with Crippen molar-refractivity contribution in [1.29, 1.82) is 0 Å². The molecule has 0 spiro atoms. The number of carbonyl (C=O) groups is 2. The third-order valence-electron chi connectivity index (χ3n) is 9.08. The molecular weight excluding hydrogens is 554 g/mol. The molecule has 1 heterocycles. The zero-order chi connectivity index (χ0) is 31.5. The van der Waals surface area contributed by atoms with Crippen LogP contribution in [0.1, 0.15) is 88.1 Å². The number of ether oxygens (including phenoxy) is 2. The Balaban J connectivity index is 1.59. The van der Waals surface area contributed by atoms with Gasteiger partial charge in [-0.25, -0.2) is 0 Å². The number of benzene rings is 2. The number of hydrogen-bond acceptors (Lipinski definition) is 6. The number of anilines is 1. The van der Waals surface area contributed by atoms with E-state index in [1.165, 1.54) is 12.0 Å². The summed E-state index contributed by atoms with van der Waals surface area (Å²) in [6, 6.07) is 15.4. The quantitative estimate of drug-likeness (QED) is 0.375. The molecular formula is C36H53N3O5. The SMILES string of the molecule is C[C@@H]1CCCCO[C@@H](CN(C)Cc2ccccc2)[C@@H](C)CN([C@H](C)CO)C(=O)c2cc(NC(=O)C3CCCCC3)ccc2O1. The summed E-state index contributed by atoms with van der Waals surface area (Å²) in [6.07, 6.45) is 7.66. The van der Waals surface area contributed by atoms with Crippen LogP contribution in [0.3, 0.4) is 0 Å². The van der Waals surface area contributed by atoms with Gasteiger partial charge in [0, 0.05) is 43.8 Å². The summed E-state index contributed by atoms with van der Waals surface area (Å²) in [5.74, 6) is 0.317. The molecule has 242 valence electrons. The predicted molar refractivity (Wildman–Crippen MR) is 175 cm³/mol. The molecule has 0 radical (unpaired) electrons. The van der Waals surface area contributed by atoms with E-state index in [-0.39, 0.29) is 42.5 Å². The highest BCUT2D eigenvalue weighted by molar-refractivity contribution is 6.00. The van der Waals surface area contributed by atoms with Crippen LogP contribution in [0.15, 0.2) is 48.5 Å². The third-order valence-corrected chi connectivity index (χ3v) is 9.08. The van der Waals surface area contributed by atoms with Gasteiger partial charge in [0.15, 0.2) is 0 Å². The zero-order valence-electron chi connectivity index (χ0n) is 27.2. The highest BCUT2D eigenvalue weighted by atomic mass is 16.5. The molecule has 2 aromatic rings. The highest BCUT2D eigenvalue weighted by Gasteiger charge is 2.31. The summed E-state index contributed by atoms with van der Waals surface area (Å²) in [5, 5.41) is 13.3. The van der Waals surface area contributed by atoms with Gasteiger partial charge in [0.2, 0.25) is 5.91 Å². The molecule has 1 saturated carbocycles. The van der Waals surface area contributed by atoms with Crippen molar-refractivity contribution < 1.29 is 24.2 Å². The van der Waals surface area contributed by atoms with Crippen LogP contribution in [0.5, 0.6) is 5.75 Å². The van der Waals surface area contributed by atoms with Gasteiger partial charge in [-0.1, -0.05) is 56.5 Å². The van der Waals surface area contributed by atoms with Crippen molar-refractivity contribution in [2.45, 2.75) is 96.9 Å². The maximum absolute atomic E-state index is 14.3. The second kappa shape index (κ2) is 16.9. The van der Waals surface area contributed by atoms with Crippen molar-refractivity contribution in [2.75, 3.05) is 38.7 Å². The Kier molecular flexibility index (Phi) is 13.1. The first-order chi connectivity index (χ1) is 21.2. The molecule has 4 atom stereocenters. The number of hydrogen-bond donors (Lipinski definition) is 2. The van der Waals surface area contributed by atoms with Crippen LogP contribution in [0.4, 0.5) is 5.69 Å². The predicted octanol–water partition coefficient (Wildman–Crippen LogP) is 6.13. The number of amides is 2. The molecule has 8 heteroatoms. The third kappa shape index (κ3) is 9.78. The average Bonchev–Trinajstić information content (AvgIpc) is 3.03. The molecule has 2 aliphatic rings. The van der Waals surface area contributed by atoms with E-state index in [1.54, 1.807) is 11.0 Å². The van der Waals surface area contributed by atoms with Crippen LogP contribution < -0.4 is 10.1 Å². The lowest BCUT2D eigenvalue weighted by Gasteiger charge is -2.36. The Morgan fingerprint density at radius 2 is 1.77 bits per heavy atom. The van der Waals surface area contributed by atoms with E-state index < -0.39 is 6.04 Å². The first-order valence-electron chi connectivity index (χ1n) is 16.6. The van der Waals surface area contributed by atoms with Crippen molar-refractivity contribution >= 4 is 17.5 Å². The molecule has 0 saturated heterocycles. The van der Waals surface area contributed by atoms with E-state index in [2.05, 4.69) is 48.5 Å². The maximum atomic E-state index is 14.3. The van der Waals surface area contributed by atoms with E-state index in [0.29, 0.717) is 30.2 Å². The van der Waals surface area contributed by atoms with Crippen LogP contribution in [-0.2, 0) is 16.1 Å². The van der Waals surface area contributed by atoms with Gasteiger partial charge in [-0.05, 0) is 76.8 Å². The first-order valence-corrected chi connectivity index (χ1v) is 16.6. The number of nitrogens with zero attached hydrogens (tertiary/aromatic N) is 2. The van der Waals surface area contributed by atoms with Crippen molar-refractivity contribution in [1.82, 2.24) is 9.80 Å². The van der Waals surface area contributed by atoms with Crippen molar-refractivity contribution in [3.8, 4) is 5.75 Å². The summed E-state index contributed by atoms with van der Waals surface area (Å²) in [4.78, 5) is 31.4. The molecule has 44 heavy (non-hydrogen) atoms. The van der Waals surface area contributed by atoms with E-state index in [1.807, 2.05) is 32.0 Å². The van der Waals surface area contributed by atoms with E-state index in [9.17, 15) is 14.7 Å². The Morgan fingerprint density at radius 1 is 1.05 bits per heavy atom.